The highest BCUT2D eigenvalue weighted by atomic mass is 16.5. The van der Waals surface area contributed by atoms with Crippen molar-refractivity contribution in [1.82, 2.24) is 14.8 Å². The van der Waals surface area contributed by atoms with E-state index in [4.69, 9.17) is 4.74 Å². The van der Waals surface area contributed by atoms with E-state index in [1.54, 1.807) is 18.5 Å². The van der Waals surface area contributed by atoms with Crippen LogP contribution >= 0.6 is 0 Å². The molecular weight excluding hydrogens is 194 g/mol. The molecule has 0 saturated carbocycles. The standard InChI is InChI=1S/C10H17N3O2/c1-6-15-8(14)7-11-12-9(13(7)5)10(2,3)4/h6H2,1-5H3. The fourth-order valence-electron chi connectivity index (χ4n) is 1.36. The van der Waals surface area contributed by atoms with E-state index in [-0.39, 0.29) is 11.2 Å². The van der Waals surface area contributed by atoms with Crippen molar-refractivity contribution in [1.29, 1.82) is 0 Å². The van der Waals surface area contributed by atoms with Gasteiger partial charge in [0.05, 0.1) is 6.61 Å². The molecule has 0 unspecified atom stereocenters. The average Bonchev–Trinajstić information content (AvgIpc) is 2.46. The molecule has 84 valence electrons. The average molecular weight is 211 g/mol. The molecule has 5 nitrogen and oxygen atoms in total. The minimum absolute atomic E-state index is 0.132. The van der Waals surface area contributed by atoms with Gasteiger partial charge in [-0.3, -0.25) is 0 Å². The normalized spacial score (nSPS) is 11.5. The maximum absolute atomic E-state index is 11.5. The Kier molecular flexibility index (Phi) is 3.12. The summed E-state index contributed by atoms with van der Waals surface area (Å²) in [5.74, 6) is 0.593. The van der Waals surface area contributed by atoms with Crippen LogP contribution in [0.25, 0.3) is 0 Å². The fourth-order valence-corrected chi connectivity index (χ4v) is 1.36. The van der Waals surface area contributed by atoms with Gasteiger partial charge in [-0.05, 0) is 6.92 Å². The van der Waals surface area contributed by atoms with Gasteiger partial charge in [0, 0.05) is 12.5 Å². The van der Waals surface area contributed by atoms with Crippen LogP contribution in [-0.2, 0) is 17.2 Å². The monoisotopic (exact) mass is 211 g/mol. The molecule has 1 aromatic heterocycles. The second kappa shape index (κ2) is 4.00. The van der Waals surface area contributed by atoms with Gasteiger partial charge < -0.3 is 9.30 Å². The number of carbonyl (C=O) groups is 1. The van der Waals surface area contributed by atoms with Gasteiger partial charge in [-0.25, -0.2) is 4.79 Å². The number of nitrogens with zero attached hydrogens (tertiary/aromatic N) is 3. The molecule has 5 heteroatoms. The van der Waals surface area contributed by atoms with Crippen molar-refractivity contribution in [2.75, 3.05) is 6.61 Å². The Bertz CT molecular complexity index is 363. The van der Waals surface area contributed by atoms with Crippen LogP contribution in [0, 0.1) is 0 Å². The minimum Gasteiger partial charge on any atom is -0.460 e. The molecule has 0 aliphatic heterocycles. The summed E-state index contributed by atoms with van der Waals surface area (Å²) in [6.07, 6.45) is 0. The van der Waals surface area contributed by atoms with Crippen molar-refractivity contribution < 1.29 is 9.53 Å². The predicted molar refractivity (Wildman–Crippen MR) is 55.7 cm³/mol. The summed E-state index contributed by atoms with van der Waals surface area (Å²) in [6, 6.07) is 0. The van der Waals surface area contributed by atoms with Gasteiger partial charge in [-0.15, -0.1) is 10.2 Å². The first-order chi connectivity index (χ1) is 6.88. The molecule has 0 amide bonds. The lowest BCUT2D eigenvalue weighted by molar-refractivity contribution is 0.0507. The van der Waals surface area contributed by atoms with E-state index in [0.717, 1.165) is 5.82 Å². The molecule has 1 rings (SSSR count). The van der Waals surface area contributed by atoms with E-state index in [1.165, 1.54) is 0 Å². The van der Waals surface area contributed by atoms with Crippen molar-refractivity contribution >= 4 is 5.97 Å². The van der Waals surface area contributed by atoms with Crippen LogP contribution in [0.2, 0.25) is 0 Å². The summed E-state index contributed by atoms with van der Waals surface area (Å²) in [5, 5.41) is 7.84. The van der Waals surface area contributed by atoms with Crippen LogP contribution in [-0.4, -0.2) is 27.3 Å². The summed E-state index contributed by atoms with van der Waals surface area (Å²) < 4.78 is 6.55. The van der Waals surface area contributed by atoms with Crippen LogP contribution in [0.5, 0.6) is 0 Å². The van der Waals surface area contributed by atoms with Gasteiger partial charge in [0.2, 0.25) is 5.82 Å². The minimum atomic E-state index is -0.428. The summed E-state index contributed by atoms with van der Waals surface area (Å²) in [4.78, 5) is 11.5. The van der Waals surface area contributed by atoms with Crippen molar-refractivity contribution in [2.45, 2.75) is 33.1 Å². The quantitative estimate of drug-likeness (QED) is 0.692. The second-order valence-corrected chi connectivity index (χ2v) is 4.38. The highest BCUT2D eigenvalue weighted by Crippen LogP contribution is 2.19. The summed E-state index contributed by atoms with van der Waals surface area (Å²) in [7, 11) is 1.77. The molecule has 0 bridgehead atoms. The maximum atomic E-state index is 11.5. The molecule has 1 aromatic rings. The number of ether oxygens (including phenoxy) is 1. The molecule has 0 aromatic carbocycles. The third kappa shape index (κ3) is 2.34. The number of esters is 1. The van der Waals surface area contributed by atoms with Gasteiger partial charge in [-0.1, -0.05) is 20.8 Å². The van der Waals surface area contributed by atoms with Gasteiger partial charge in [0.1, 0.15) is 5.82 Å². The lowest BCUT2D eigenvalue weighted by Gasteiger charge is -2.16. The molecule has 15 heavy (non-hydrogen) atoms. The third-order valence-electron chi connectivity index (χ3n) is 2.00. The van der Waals surface area contributed by atoms with Crippen LogP contribution < -0.4 is 0 Å². The summed E-state index contributed by atoms with van der Waals surface area (Å²) in [5.41, 5.74) is -0.132. The van der Waals surface area contributed by atoms with Crippen molar-refractivity contribution in [3.8, 4) is 0 Å². The largest absolute Gasteiger partial charge is 0.460 e. The Morgan fingerprint density at radius 3 is 2.40 bits per heavy atom. The molecule has 0 fully saturated rings. The number of hydrogen-bond acceptors (Lipinski definition) is 4. The van der Waals surface area contributed by atoms with Gasteiger partial charge in [-0.2, -0.15) is 0 Å². The first-order valence-electron chi connectivity index (χ1n) is 4.95. The maximum Gasteiger partial charge on any atom is 0.376 e. The van der Waals surface area contributed by atoms with Crippen molar-refractivity contribution in [3.63, 3.8) is 0 Å². The Labute approximate surface area is 89.5 Å². The van der Waals surface area contributed by atoms with Crippen LogP contribution in [0.1, 0.15) is 44.1 Å². The van der Waals surface area contributed by atoms with E-state index >= 15 is 0 Å². The van der Waals surface area contributed by atoms with Crippen LogP contribution in [0.4, 0.5) is 0 Å². The molecule has 0 spiro atoms. The predicted octanol–water partition coefficient (Wildman–Crippen LogP) is 1.29. The first kappa shape index (κ1) is 11.7. The number of carbonyl (C=O) groups excluding carboxylic acids is 1. The lowest BCUT2D eigenvalue weighted by Crippen LogP contribution is -2.20. The van der Waals surface area contributed by atoms with Gasteiger partial charge >= 0.3 is 5.97 Å². The van der Waals surface area contributed by atoms with Crippen molar-refractivity contribution in [2.24, 2.45) is 7.05 Å². The molecule has 1 heterocycles. The topological polar surface area (TPSA) is 57.0 Å². The van der Waals surface area contributed by atoms with E-state index < -0.39 is 5.97 Å². The van der Waals surface area contributed by atoms with Crippen molar-refractivity contribution in [3.05, 3.63) is 11.6 Å². The summed E-state index contributed by atoms with van der Waals surface area (Å²) in [6.45, 7) is 8.17. The van der Waals surface area contributed by atoms with Gasteiger partial charge in [0.25, 0.3) is 0 Å². The molecule has 0 aliphatic carbocycles. The highest BCUT2D eigenvalue weighted by molar-refractivity contribution is 5.85. The number of rotatable bonds is 2. The van der Waals surface area contributed by atoms with E-state index in [0.29, 0.717) is 6.61 Å². The van der Waals surface area contributed by atoms with Gasteiger partial charge in [0.15, 0.2) is 0 Å². The SMILES string of the molecule is CCOC(=O)c1nnc(C(C)(C)C)n1C. The Morgan fingerprint density at radius 2 is 2.00 bits per heavy atom. The Morgan fingerprint density at radius 1 is 1.40 bits per heavy atom. The number of aromatic nitrogens is 3. The summed E-state index contributed by atoms with van der Waals surface area (Å²) >= 11 is 0. The molecule has 0 radical (unpaired) electrons. The molecule has 0 aliphatic rings. The smallest absolute Gasteiger partial charge is 0.376 e. The Hall–Kier alpha value is -1.39. The van der Waals surface area contributed by atoms with E-state index in [9.17, 15) is 4.79 Å². The zero-order valence-corrected chi connectivity index (χ0v) is 9.87. The Balaban J connectivity index is 3.04. The number of hydrogen-bond donors (Lipinski definition) is 0. The molecule has 0 N–H and O–H groups in total. The lowest BCUT2D eigenvalue weighted by atomic mass is 9.96. The zero-order valence-electron chi connectivity index (χ0n) is 9.87. The highest BCUT2D eigenvalue weighted by Gasteiger charge is 2.25. The van der Waals surface area contributed by atoms with E-state index in [2.05, 4.69) is 10.2 Å². The molecule has 0 saturated heterocycles. The molecular formula is C10H17N3O2. The van der Waals surface area contributed by atoms with Crippen LogP contribution in [0.15, 0.2) is 0 Å². The molecule has 0 atom stereocenters. The van der Waals surface area contributed by atoms with E-state index in [1.807, 2.05) is 20.8 Å². The zero-order chi connectivity index (χ0) is 11.6. The second-order valence-electron chi connectivity index (χ2n) is 4.38. The third-order valence-corrected chi connectivity index (χ3v) is 2.00. The fraction of sp³-hybridized carbons (Fsp3) is 0.700. The van der Waals surface area contributed by atoms with Crippen LogP contribution in [0.3, 0.4) is 0 Å². The first-order valence-corrected chi connectivity index (χ1v) is 4.95.